The second-order valence-corrected chi connectivity index (χ2v) is 9.04. The maximum absolute atomic E-state index is 13.2. The average Bonchev–Trinajstić information content (AvgIpc) is 3.68. The summed E-state index contributed by atoms with van der Waals surface area (Å²) in [7, 11) is 0. The maximum atomic E-state index is 13.2. The molecule has 0 N–H and O–H groups in total. The van der Waals surface area contributed by atoms with Gasteiger partial charge in [-0.1, -0.05) is 41.6 Å². The molecule has 4 aromatic rings. The molecule has 2 aliphatic rings. The van der Waals surface area contributed by atoms with Crippen molar-refractivity contribution in [1.82, 2.24) is 15.2 Å². The van der Waals surface area contributed by atoms with Crippen molar-refractivity contribution in [2.24, 2.45) is 5.10 Å². The van der Waals surface area contributed by atoms with E-state index in [0.717, 1.165) is 11.3 Å². The van der Waals surface area contributed by atoms with Crippen molar-refractivity contribution in [3.8, 4) is 23.0 Å². The topological polar surface area (TPSA) is 103 Å². The number of ether oxygens (including phenoxy) is 2. The van der Waals surface area contributed by atoms with Gasteiger partial charge in [0, 0.05) is 12.0 Å². The largest absolute Gasteiger partial charge is 0.467 e. The molecule has 0 aliphatic carbocycles. The number of hydrogen-bond donors (Lipinski definition) is 0. The molecule has 0 radical (unpaired) electrons. The lowest BCUT2D eigenvalue weighted by atomic mass is 10.0. The molecular formula is C25H20N4O5S. The molecule has 2 aromatic heterocycles. The average molecular weight is 489 g/mol. The summed E-state index contributed by atoms with van der Waals surface area (Å²) >= 11 is 1.17. The van der Waals surface area contributed by atoms with Gasteiger partial charge in [-0.2, -0.15) is 5.10 Å². The molecule has 0 spiro atoms. The second-order valence-electron chi connectivity index (χ2n) is 8.12. The summed E-state index contributed by atoms with van der Waals surface area (Å²) in [6.45, 7) is 2.23. The summed E-state index contributed by atoms with van der Waals surface area (Å²) in [6.07, 6.45) is 2.18. The number of fused-ring (bicyclic) bond motifs is 1. The van der Waals surface area contributed by atoms with Crippen molar-refractivity contribution in [1.29, 1.82) is 0 Å². The van der Waals surface area contributed by atoms with E-state index in [1.165, 1.54) is 22.3 Å². The number of thioether (sulfide) groups is 1. The van der Waals surface area contributed by atoms with Gasteiger partial charge in [-0.25, -0.2) is 5.01 Å². The molecule has 1 atom stereocenters. The van der Waals surface area contributed by atoms with Crippen molar-refractivity contribution in [3.63, 3.8) is 0 Å². The van der Waals surface area contributed by atoms with Gasteiger partial charge in [0.05, 0.1) is 17.7 Å². The molecule has 0 bridgehead atoms. The minimum Gasteiger partial charge on any atom is -0.467 e. The summed E-state index contributed by atoms with van der Waals surface area (Å²) in [5.74, 6) is 2.25. The third-order valence-corrected chi connectivity index (χ3v) is 6.57. The van der Waals surface area contributed by atoms with Gasteiger partial charge in [-0.3, -0.25) is 4.79 Å². The van der Waals surface area contributed by atoms with Crippen LogP contribution in [0, 0.1) is 6.92 Å². The summed E-state index contributed by atoms with van der Waals surface area (Å²) in [6, 6.07) is 16.9. The quantitative estimate of drug-likeness (QED) is 0.355. The van der Waals surface area contributed by atoms with Gasteiger partial charge in [-0.05, 0) is 42.8 Å². The fraction of sp³-hybridized carbons (Fsp3) is 0.200. The van der Waals surface area contributed by atoms with Crippen molar-refractivity contribution in [3.05, 3.63) is 77.7 Å². The van der Waals surface area contributed by atoms with Crippen LogP contribution in [0.4, 0.5) is 0 Å². The maximum Gasteiger partial charge on any atom is 0.277 e. The van der Waals surface area contributed by atoms with Crippen LogP contribution in [0.15, 0.2) is 80.0 Å². The van der Waals surface area contributed by atoms with E-state index in [2.05, 4.69) is 15.3 Å². The molecule has 35 heavy (non-hydrogen) atoms. The second kappa shape index (κ2) is 8.95. The molecule has 10 heteroatoms. The Labute approximate surface area is 204 Å². The zero-order valence-corrected chi connectivity index (χ0v) is 19.5. The molecule has 0 fully saturated rings. The molecule has 0 saturated heterocycles. The standard InChI is InChI=1S/C25H20N4O5S/c1-15-4-6-16(7-5-15)18-12-19(20-3-2-10-31-20)29(28-18)23(30)13-35-25-27-26-24(34-25)17-8-9-21-22(11-17)33-14-32-21/h2-11,19H,12-14H2,1H3. The number of amides is 1. The van der Waals surface area contributed by atoms with Gasteiger partial charge >= 0.3 is 0 Å². The Morgan fingerprint density at radius 1 is 1.06 bits per heavy atom. The van der Waals surface area contributed by atoms with Crippen LogP contribution in [0.25, 0.3) is 11.5 Å². The van der Waals surface area contributed by atoms with E-state index in [0.29, 0.717) is 40.4 Å². The first-order valence-electron chi connectivity index (χ1n) is 11.0. The number of hydrogen-bond acceptors (Lipinski definition) is 9. The van der Waals surface area contributed by atoms with Crippen LogP contribution in [0.5, 0.6) is 11.5 Å². The lowest BCUT2D eigenvalue weighted by Crippen LogP contribution is -2.28. The Morgan fingerprint density at radius 3 is 2.71 bits per heavy atom. The van der Waals surface area contributed by atoms with E-state index in [1.54, 1.807) is 18.4 Å². The minimum absolute atomic E-state index is 0.0880. The number of carbonyl (C=O) groups is 1. The van der Waals surface area contributed by atoms with Crippen LogP contribution in [0.1, 0.15) is 29.3 Å². The third-order valence-electron chi connectivity index (χ3n) is 5.77. The van der Waals surface area contributed by atoms with E-state index >= 15 is 0 Å². The van der Waals surface area contributed by atoms with E-state index in [9.17, 15) is 4.79 Å². The Balaban J connectivity index is 1.17. The molecule has 2 aliphatic heterocycles. The third kappa shape index (κ3) is 4.28. The zero-order valence-electron chi connectivity index (χ0n) is 18.7. The van der Waals surface area contributed by atoms with Gasteiger partial charge < -0.3 is 18.3 Å². The number of nitrogens with zero attached hydrogens (tertiary/aromatic N) is 4. The van der Waals surface area contributed by atoms with E-state index in [1.807, 2.05) is 49.4 Å². The smallest absolute Gasteiger partial charge is 0.277 e. The Kier molecular flexibility index (Phi) is 5.49. The molecule has 9 nitrogen and oxygen atoms in total. The van der Waals surface area contributed by atoms with Crippen LogP contribution >= 0.6 is 11.8 Å². The Bertz CT molecular complexity index is 1400. The lowest BCUT2D eigenvalue weighted by molar-refractivity contribution is -0.130. The number of benzene rings is 2. The van der Waals surface area contributed by atoms with E-state index < -0.39 is 0 Å². The normalized spacial score (nSPS) is 16.5. The SMILES string of the molecule is Cc1ccc(C2=NN(C(=O)CSc3nnc(-c4ccc5c(c4)OCO5)o3)C(c3ccco3)C2)cc1. The predicted octanol–water partition coefficient (Wildman–Crippen LogP) is 4.84. The fourth-order valence-corrected chi connectivity index (χ4v) is 4.58. The van der Waals surface area contributed by atoms with E-state index in [-0.39, 0.29) is 24.5 Å². The van der Waals surface area contributed by atoms with Crippen molar-refractivity contribution in [2.75, 3.05) is 12.5 Å². The summed E-state index contributed by atoms with van der Waals surface area (Å²) in [5, 5.41) is 14.6. The van der Waals surface area contributed by atoms with Gasteiger partial charge in [-0.15, -0.1) is 10.2 Å². The van der Waals surface area contributed by atoms with Gasteiger partial charge in [0.25, 0.3) is 11.1 Å². The summed E-state index contributed by atoms with van der Waals surface area (Å²) < 4.78 is 22.1. The highest BCUT2D eigenvalue weighted by molar-refractivity contribution is 7.99. The number of aryl methyl sites for hydroxylation is 1. The first kappa shape index (κ1) is 21.5. The summed E-state index contributed by atoms with van der Waals surface area (Å²) in [4.78, 5) is 13.2. The molecule has 176 valence electrons. The van der Waals surface area contributed by atoms with Crippen molar-refractivity contribution < 1.29 is 23.1 Å². The fourth-order valence-electron chi connectivity index (χ4n) is 3.97. The number of rotatable bonds is 6. The Hall–Kier alpha value is -4.05. The monoisotopic (exact) mass is 488 g/mol. The highest BCUT2D eigenvalue weighted by Crippen LogP contribution is 2.37. The van der Waals surface area contributed by atoms with Gasteiger partial charge in [0.1, 0.15) is 11.8 Å². The molecule has 4 heterocycles. The van der Waals surface area contributed by atoms with Crippen LogP contribution in [0.2, 0.25) is 0 Å². The molecule has 1 amide bonds. The number of hydrazone groups is 1. The predicted molar refractivity (Wildman–Crippen MR) is 127 cm³/mol. The highest BCUT2D eigenvalue weighted by Gasteiger charge is 2.35. The van der Waals surface area contributed by atoms with Crippen LogP contribution < -0.4 is 9.47 Å². The van der Waals surface area contributed by atoms with Crippen LogP contribution in [0.3, 0.4) is 0 Å². The molecule has 0 saturated carbocycles. The van der Waals surface area contributed by atoms with Crippen molar-refractivity contribution in [2.45, 2.75) is 24.6 Å². The lowest BCUT2D eigenvalue weighted by Gasteiger charge is -2.19. The van der Waals surface area contributed by atoms with Gasteiger partial charge in [0.15, 0.2) is 11.5 Å². The number of aromatic nitrogens is 2. The highest BCUT2D eigenvalue weighted by atomic mass is 32.2. The number of furan rings is 1. The molecule has 2 aromatic carbocycles. The number of carbonyl (C=O) groups excluding carboxylic acids is 1. The molecule has 6 rings (SSSR count). The van der Waals surface area contributed by atoms with Crippen molar-refractivity contribution >= 4 is 23.4 Å². The molecular weight excluding hydrogens is 468 g/mol. The zero-order chi connectivity index (χ0) is 23.8. The van der Waals surface area contributed by atoms with Crippen LogP contribution in [-0.2, 0) is 4.79 Å². The van der Waals surface area contributed by atoms with Crippen LogP contribution in [-0.4, -0.2) is 39.4 Å². The summed E-state index contributed by atoms with van der Waals surface area (Å²) in [5.41, 5.74) is 3.71. The minimum atomic E-state index is -0.304. The first-order valence-corrected chi connectivity index (χ1v) is 12.0. The van der Waals surface area contributed by atoms with Gasteiger partial charge in [0.2, 0.25) is 12.7 Å². The van der Waals surface area contributed by atoms with E-state index in [4.69, 9.17) is 18.3 Å². The molecule has 1 unspecified atom stereocenters. The Morgan fingerprint density at radius 2 is 1.89 bits per heavy atom. The first-order chi connectivity index (χ1) is 17.1.